The molecule has 2 aromatic carbocycles. The number of carbonyl (C=O) groups excluding carboxylic acids is 3. The number of fused-ring (bicyclic) bond motifs is 1. The fourth-order valence-corrected chi connectivity index (χ4v) is 3.00. The van der Waals surface area contributed by atoms with Crippen molar-refractivity contribution in [3.8, 4) is 0 Å². The lowest BCUT2D eigenvalue weighted by Gasteiger charge is -2.18. The quantitative estimate of drug-likeness (QED) is 0.523. The van der Waals surface area contributed by atoms with Gasteiger partial charge in [-0.05, 0) is 29.8 Å². The number of nitrogens with one attached hydrogen (secondary N) is 3. The third-order valence-electron chi connectivity index (χ3n) is 4.29. The van der Waals surface area contributed by atoms with E-state index in [0.717, 1.165) is 28.6 Å². The highest BCUT2D eigenvalue weighted by atomic mass is 19.1. The van der Waals surface area contributed by atoms with Gasteiger partial charge in [-0.25, -0.2) is 4.39 Å². The summed E-state index contributed by atoms with van der Waals surface area (Å²) in [5, 5.41) is 6.16. The van der Waals surface area contributed by atoms with Crippen molar-refractivity contribution in [3.05, 3.63) is 65.6 Å². The molecule has 0 radical (unpaired) electrons. The fraction of sp³-hybridized carbons (Fsp3) is 0.150. The summed E-state index contributed by atoms with van der Waals surface area (Å²) in [4.78, 5) is 38.7. The zero-order valence-corrected chi connectivity index (χ0v) is 15.1. The van der Waals surface area contributed by atoms with Crippen molar-refractivity contribution >= 4 is 34.3 Å². The Morgan fingerprint density at radius 2 is 1.93 bits per heavy atom. The first kappa shape index (κ1) is 19.1. The van der Waals surface area contributed by atoms with Crippen LogP contribution in [0.3, 0.4) is 0 Å². The number of primary amides is 1. The molecule has 1 heterocycles. The molecule has 1 aromatic heterocycles. The van der Waals surface area contributed by atoms with E-state index in [1.165, 1.54) is 13.0 Å². The van der Waals surface area contributed by atoms with E-state index >= 15 is 0 Å². The molecule has 28 heavy (non-hydrogen) atoms. The Kier molecular flexibility index (Phi) is 5.39. The molecule has 0 aliphatic heterocycles. The van der Waals surface area contributed by atoms with Gasteiger partial charge in [0.15, 0.2) is 0 Å². The van der Waals surface area contributed by atoms with Gasteiger partial charge in [0.2, 0.25) is 11.8 Å². The van der Waals surface area contributed by atoms with Crippen LogP contribution in [0.25, 0.3) is 10.9 Å². The Balaban J connectivity index is 1.83. The first-order chi connectivity index (χ1) is 13.3. The number of aromatic nitrogens is 1. The van der Waals surface area contributed by atoms with Gasteiger partial charge >= 0.3 is 0 Å². The minimum absolute atomic E-state index is 0.203. The summed E-state index contributed by atoms with van der Waals surface area (Å²) in [5.41, 5.74) is 6.79. The minimum Gasteiger partial charge on any atom is -0.366 e. The molecule has 0 fully saturated rings. The summed E-state index contributed by atoms with van der Waals surface area (Å²) in [6.45, 7) is 1.32. The Labute approximate surface area is 160 Å². The van der Waals surface area contributed by atoms with E-state index in [1.54, 1.807) is 6.20 Å². The molecule has 1 unspecified atom stereocenters. The molecule has 3 amide bonds. The Morgan fingerprint density at radius 3 is 2.64 bits per heavy atom. The maximum Gasteiger partial charge on any atom is 0.251 e. The number of benzene rings is 2. The molecule has 0 saturated heterocycles. The number of nitrogens with two attached hydrogens (primary N) is 1. The maximum atomic E-state index is 13.6. The van der Waals surface area contributed by atoms with Gasteiger partial charge in [-0.2, -0.15) is 0 Å². The molecule has 7 nitrogen and oxygen atoms in total. The molecule has 0 saturated carbocycles. The van der Waals surface area contributed by atoms with Crippen LogP contribution in [0.5, 0.6) is 0 Å². The minimum atomic E-state index is -0.939. The van der Waals surface area contributed by atoms with Crippen LogP contribution >= 0.6 is 0 Å². The number of halogens is 1. The molecule has 144 valence electrons. The molecular formula is C20H19FN4O3. The van der Waals surface area contributed by atoms with E-state index in [0.29, 0.717) is 0 Å². The highest BCUT2D eigenvalue weighted by molar-refractivity contribution is 5.99. The summed E-state index contributed by atoms with van der Waals surface area (Å²) in [7, 11) is 0. The van der Waals surface area contributed by atoms with Gasteiger partial charge in [0.05, 0.1) is 5.56 Å². The number of aromatic amines is 1. The smallest absolute Gasteiger partial charge is 0.251 e. The fourth-order valence-electron chi connectivity index (χ4n) is 3.00. The summed E-state index contributed by atoms with van der Waals surface area (Å²) in [6.07, 6.45) is 2.04. The summed E-state index contributed by atoms with van der Waals surface area (Å²) in [5.74, 6) is -2.58. The lowest BCUT2D eigenvalue weighted by molar-refractivity contribution is -0.125. The number of anilines is 1. The van der Waals surface area contributed by atoms with Crippen LogP contribution in [0.4, 0.5) is 10.1 Å². The second-order valence-corrected chi connectivity index (χ2v) is 6.36. The predicted octanol–water partition coefficient (Wildman–Crippen LogP) is 2.09. The predicted molar refractivity (Wildman–Crippen MR) is 103 cm³/mol. The number of para-hydroxylation sites is 1. The summed E-state index contributed by atoms with van der Waals surface area (Å²) < 4.78 is 13.6. The molecule has 0 aliphatic carbocycles. The average molecular weight is 382 g/mol. The third kappa shape index (κ3) is 4.17. The zero-order valence-electron chi connectivity index (χ0n) is 15.1. The van der Waals surface area contributed by atoms with Gasteiger partial charge in [-0.1, -0.05) is 18.2 Å². The van der Waals surface area contributed by atoms with Crippen LogP contribution in [-0.4, -0.2) is 28.7 Å². The van der Waals surface area contributed by atoms with Gasteiger partial charge in [0, 0.05) is 36.1 Å². The van der Waals surface area contributed by atoms with E-state index in [1.807, 2.05) is 24.3 Å². The third-order valence-corrected chi connectivity index (χ3v) is 4.29. The molecule has 0 spiro atoms. The summed E-state index contributed by atoms with van der Waals surface area (Å²) >= 11 is 0. The van der Waals surface area contributed by atoms with E-state index in [9.17, 15) is 18.8 Å². The van der Waals surface area contributed by atoms with E-state index in [2.05, 4.69) is 15.6 Å². The SMILES string of the molecule is CC(=O)NC(Cc1c[nH]c2ccccc12)C(=O)Nc1ccc(F)c(C(N)=O)c1. The van der Waals surface area contributed by atoms with E-state index in [4.69, 9.17) is 5.73 Å². The Bertz CT molecular complexity index is 1060. The first-order valence-corrected chi connectivity index (χ1v) is 8.57. The van der Waals surface area contributed by atoms with Gasteiger partial charge in [-0.3, -0.25) is 14.4 Å². The van der Waals surface area contributed by atoms with Gasteiger partial charge in [0.25, 0.3) is 5.91 Å². The molecular weight excluding hydrogens is 363 g/mol. The second-order valence-electron chi connectivity index (χ2n) is 6.36. The van der Waals surface area contributed by atoms with Gasteiger partial charge in [-0.15, -0.1) is 0 Å². The van der Waals surface area contributed by atoms with Crippen molar-refractivity contribution in [3.63, 3.8) is 0 Å². The molecule has 8 heteroatoms. The van der Waals surface area contributed by atoms with Crippen LogP contribution in [0.15, 0.2) is 48.7 Å². The Hall–Kier alpha value is -3.68. The molecule has 0 aliphatic rings. The normalized spacial score (nSPS) is 11.8. The average Bonchev–Trinajstić information content (AvgIpc) is 3.05. The highest BCUT2D eigenvalue weighted by Crippen LogP contribution is 2.20. The van der Waals surface area contributed by atoms with Crippen molar-refractivity contribution in [2.45, 2.75) is 19.4 Å². The number of amides is 3. The van der Waals surface area contributed by atoms with Crippen LogP contribution < -0.4 is 16.4 Å². The highest BCUT2D eigenvalue weighted by Gasteiger charge is 2.22. The van der Waals surface area contributed by atoms with Crippen LogP contribution in [0.1, 0.15) is 22.8 Å². The Morgan fingerprint density at radius 1 is 1.18 bits per heavy atom. The standard InChI is InChI=1S/C20H19FN4O3/c1-11(26)24-18(8-12-10-23-17-5-3-2-4-14(12)17)20(28)25-13-6-7-16(21)15(9-13)19(22)27/h2-7,9-10,18,23H,8H2,1H3,(H2,22,27)(H,24,26)(H,25,28). The number of H-pyrrole nitrogens is 1. The number of carbonyl (C=O) groups is 3. The van der Waals surface area contributed by atoms with Crippen molar-refractivity contribution in [2.75, 3.05) is 5.32 Å². The molecule has 3 aromatic rings. The van der Waals surface area contributed by atoms with E-state index in [-0.39, 0.29) is 23.6 Å². The van der Waals surface area contributed by atoms with Crippen molar-refractivity contribution in [2.24, 2.45) is 5.73 Å². The molecule has 5 N–H and O–H groups in total. The van der Waals surface area contributed by atoms with Crippen LogP contribution in [0, 0.1) is 5.82 Å². The topological polar surface area (TPSA) is 117 Å². The lowest BCUT2D eigenvalue weighted by Crippen LogP contribution is -2.44. The van der Waals surface area contributed by atoms with Gasteiger partial charge < -0.3 is 21.4 Å². The maximum absolute atomic E-state index is 13.6. The largest absolute Gasteiger partial charge is 0.366 e. The number of hydrogen-bond acceptors (Lipinski definition) is 3. The van der Waals surface area contributed by atoms with Crippen molar-refractivity contribution in [1.29, 1.82) is 0 Å². The first-order valence-electron chi connectivity index (χ1n) is 8.57. The molecule has 3 rings (SSSR count). The molecule has 0 bridgehead atoms. The van der Waals surface area contributed by atoms with Crippen LogP contribution in [-0.2, 0) is 16.0 Å². The second kappa shape index (κ2) is 7.91. The lowest BCUT2D eigenvalue weighted by atomic mass is 10.0. The van der Waals surface area contributed by atoms with Crippen molar-refractivity contribution < 1.29 is 18.8 Å². The summed E-state index contributed by atoms with van der Waals surface area (Å²) in [6, 6.07) is 10.3. The number of hydrogen-bond donors (Lipinski definition) is 4. The van der Waals surface area contributed by atoms with Crippen molar-refractivity contribution in [1.82, 2.24) is 10.3 Å². The molecule has 1 atom stereocenters. The number of rotatable bonds is 6. The van der Waals surface area contributed by atoms with Gasteiger partial charge in [0.1, 0.15) is 11.9 Å². The van der Waals surface area contributed by atoms with Crippen LogP contribution in [0.2, 0.25) is 0 Å². The monoisotopic (exact) mass is 382 g/mol. The van der Waals surface area contributed by atoms with E-state index < -0.39 is 23.7 Å². The zero-order chi connectivity index (χ0) is 20.3.